The van der Waals surface area contributed by atoms with Crippen LogP contribution in [0.2, 0.25) is 0 Å². The largest absolute Gasteiger partial charge is 0.354 e. The first-order valence-corrected chi connectivity index (χ1v) is 13.1. The third-order valence-electron chi connectivity index (χ3n) is 6.59. The van der Waals surface area contributed by atoms with Crippen LogP contribution in [-0.4, -0.2) is 64.7 Å². The van der Waals surface area contributed by atoms with Crippen molar-refractivity contribution in [3.05, 3.63) is 35.9 Å². The number of amides is 1. The van der Waals surface area contributed by atoms with Crippen LogP contribution in [0.4, 0.5) is 0 Å². The molecule has 3 atom stereocenters. The van der Waals surface area contributed by atoms with Gasteiger partial charge in [0.2, 0.25) is 5.91 Å². The lowest BCUT2D eigenvalue weighted by atomic mass is 9.90. The third-order valence-corrected chi connectivity index (χ3v) is 8.33. The van der Waals surface area contributed by atoms with Crippen LogP contribution in [0.25, 0.3) is 0 Å². The molecule has 31 heavy (non-hydrogen) atoms. The Morgan fingerprint density at radius 2 is 1.90 bits per heavy atom. The molecule has 2 fully saturated rings. The highest BCUT2D eigenvalue weighted by atomic mass is 32.2. The molecule has 3 unspecified atom stereocenters. The Morgan fingerprint density at radius 1 is 1.16 bits per heavy atom. The zero-order valence-corrected chi connectivity index (χ0v) is 19.8. The lowest BCUT2D eigenvalue weighted by Crippen LogP contribution is -2.50. The molecule has 1 heterocycles. The van der Waals surface area contributed by atoms with Crippen molar-refractivity contribution in [2.45, 2.75) is 63.2 Å². The molecule has 1 aliphatic carbocycles. The van der Waals surface area contributed by atoms with Gasteiger partial charge in [0.15, 0.2) is 5.96 Å². The number of nitrogens with zero attached hydrogens (tertiary/aromatic N) is 2. The molecule has 1 amide bonds. The van der Waals surface area contributed by atoms with Crippen molar-refractivity contribution >= 4 is 22.7 Å². The predicted molar refractivity (Wildman–Crippen MR) is 129 cm³/mol. The summed E-state index contributed by atoms with van der Waals surface area (Å²) in [7, 11) is 0.993. The first-order chi connectivity index (χ1) is 15.1. The van der Waals surface area contributed by atoms with Crippen LogP contribution in [0.15, 0.2) is 35.3 Å². The second-order valence-electron chi connectivity index (χ2n) is 8.74. The standard InChI is InChI=1S/C24H38N4O2S/c1-3-31(30)22-11-7-10-21(17-22)27-24(25-2)26-18-23(29)28-14-12-20(13-15-28)16-19-8-5-4-6-9-19/h4-6,8-9,20-22H,3,7,10-18H2,1-2H3,(H2,25,26,27). The van der Waals surface area contributed by atoms with E-state index in [2.05, 4.69) is 46.0 Å². The highest BCUT2D eigenvalue weighted by molar-refractivity contribution is 7.85. The smallest absolute Gasteiger partial charge is 0.241 e. The minimum absolute atomic E-state index is 0.134. The van der Waals surface area contributed by atoms with Crippen molar-refractivity contribution in [2.24, 2.45) is 10.9 Å². The lowest BCUT2D eigenvalue weighted by molar-refractivity contribution is -0.131. The number of hydrogen-bond acceptors (Lipinski definition) is 3. The van der Waals surface area contributed by atoms with Gasteiger partial charge in [0.25, 0.3) is 0 Å². The molecule has 3 rings (SSSR count). The maximum absolute atomic E-state index is 12.7. The third kappa shape index (κ3) is 7.34. The van der Waals surface area contributed by atoms with Gasteiger partial charge < -0.3 is 15.5 Å². The van der Waals surface area contributed by atoms with Gasteiger partial charge in [-0.2, -0.15) is 0 Å². The van der Waals surface area contributed by atoms with Crippen LogP contribution in [0.1, 0.15) is 51.0 Å². The summed E-state index contributed by atoms with van der Waals surface area (Å²) in [4.78, 5) is 19.0. The van der Waals surface area contributed by atoms with E-state index in [1.54, 1.807) is 7.05 Å². The topological polar surface area (TPSA) is 73.8 Å². The van der Waals surface area contributed by atoms with Crippen LogP contribution < -0.4 is 10.6 Å². The van der Waals surface area contributed by atoms with E-state index in [1.807, 2.05) is 11.8 Å². The van der Waals surface area contributed by atoms with Gasteiger partial charge >= 0.3 is 0 Å². The van der Waals surface area contributed by atoms with Gasteiger partial charge in [-0.15, -0.1) is 0 Å². The SMILES string of the molecule is CCS(=O)C1CCCC(NC(=NC)NCC(=O)N2CCC(Cc3ccccc3)CC2)C1. The number of nitrogens with one attached hydrogen (secondary N) is 2. The minimum Gasteiger partial charge on any atom is -0.354 e. The van der Waals surface area contributed by atoms with Crippen molar-refractivity contribution in [3.8, 4) is 0 Å². The Balaban J connectivity index is 1.39. The maximum Gasteiger partial charge on any atom is 0.241 e. The van der Waals surface area contributed by atoms with Crippen molar-refractivity contribution in [2.75, 3.05) is 32.4 Å². The van der Waals surface area contributed by atoms with Gasteiger partial charge in [-0.1, -0.05) is 43.7 Å². The summed E-state index contributed by atoms with van der Waals surface area (Å²) in [6, 6.07) is 10.9. The van der Waals surface area contributed by atoms with Crippen molar-refractivity contribution < 1.29 is 9.00 Å². The van der Waals surface area contributed by atoms with E-state index in [0.717, 1.165) is 63.8 Å². The van der Waals surface area contributed by atoms with E-state index in [-0.39, 0.29) is 23.7 Å². The van der Waals surface area contributed by atoms with Gasteiger partial charge in [0.05, 0.1) is 6.54 Å². The molecule has 172 valence electrons. The van der Waals surface area contributed by atoms with Gasteiger partial charge in [-0.05, 0) is 50.0 Å². The minimum atomic E-state index is -0.743. The highest BCUT2D eigenvalue weighted by Crippen LogP contribution is 2.23. The Morgan fingerprint density at radius 3 is 2.58 bits per heavy atom. The monoisotopic (exact) mass is 446 g/mol. The molecule has 2 aliphatic rings. The Bertz CT molecular complexity index is 747. The van der Waals surface area contributed by atoms with Crippen LogP contribution >= 0.6 is 0 Å². The van der Waals surface area contributed by atoms with E-state index in [4.69, 9.17) is 0 Å². The number of carbonyl (C=O) groups excluding carboxylic acids is 1. The molecule has 0 radical (unpaired) electrons. The summed E-state index contributed by atoms with van der Waals surface area (Å²) in [6.07, 6.45) is 7.32. The molecule has 7 heteroatoms. The van der Waals surface area contributed by atoms with Gasteiger partial charge in [0.1, 0.15) is 0 Å². The van der Waals surface area contributed by atoms with Crippen LogP contribution in [0.5, 0.6) is 0 Å². The van der Waals surface area contributed by atoms with E-state index in [9.17, 15) is 9.00 Å². The number of rotatable bonds is 7. The fourth-order valence-electron chi connectivity index (χ4n) is 4.74. The first kappa shape index (κ1) is 23.8. The van der Waals surface area contributed by atoms with Gasteiger partial charge in [-0.25, -0.2) is 0 Å². The number of likely N-dealkylation sites (tertiary alicyclic amines) is 1. The van der Waals surface area contributed by atoms with E-state index >= 15 is 0 Å². The molecule has 1 aliphatic heterocycles. The van der Waals surface area contributed by atoms with Crippen LogP contribution in [0, 0.1) is 5.92 Å². The van der Waals surface area contributed by atoms with E-state index in [1.165, 1.54) is 5.56 Å². The first-order valence-electron chi connectivity index (χ1n) is 11.7. The molecule has 0 aromatic heterocycles. The van der Waals surface area contributed by atoms with Crippen molar-refractivity contribution in [1.82, 2.24) is 15.5 Å². The zero-order valence-electron chi connectivity index (χ0n) is 19.0. The number of benzene rings is 1. The van der Waals surface area contributed by atoms with E-state index < -0.39 is 10.8 Å². The van der Waals surface area contributed by atoms with Crippen molar-refractivity contribution in [3.63, 3.8) is 0 Å². The summed E-state index contributed by atoms with van der Waals surface area (Å²) in [6.45, 7) is 3.91. The second kappa shape index (κ2) is 12.2. The normalized spacial score (nSPS) is 23.9. The molecule has 1 aromatic rings. The summed E-state index contributed by atoms with van der Waals surface area (Å²) in [5, 5.41) is 6.91. The Hall–Kier alpha value is -1.89. The maximum atomic E-state index is 12.7. The summed E-state index contributed by atoms with van der Waals surface area (Å²) >= 11 is 0. The van der Waals surface area contributed by atoms with Crippen LogP contribution in [-0.2, 0) is 22.0 Å². The molecule has 0 bridgehead atoms. The molecule has 0 spiro atoms. The van der Waals surface area contributed by atoms with Crippen molar-refractivity contribution in [1.29, 1.82) is 0 Å². The van der Waals surface area contributed by atoms with Gasteiger partial charge in [0, 0.05) is 48.0 Å². The Kier molecular flexibility index (Phi) is 9.37. The molecule has 6 nitrogen and oxygen atoms in total. The number of aliphatic imine (C=N–C) groups is 1. The lowest BCUT2D eigenvalue weighted by Gasteiger charge is -2.33. The fourth-order valence-corrected chi connectivity index (χ4v) is 6.09. The number of guanidine groups is 1. The molecule has 1 aromatic carbocycles. The average molecular weight is 447 g/mol. The zero-order chi connectivity index (χ0) is 22.1. The van der Waals surface area contributed by atoms with Gasteiger partial charge in [-0.3, -0.25) is 14.0 Å². The Labute approximate surface area is 189 Å². The molecule has 2 N–H and O–H groups in total. The average Bonchev–Trinajstić information content (AvgIpc) is 2.82. The summed E-state index contributed by atoms with van der Waals surface area (Å²) in [5.74, 6) is 2.18. The molecular weight excluding hydrogens is 408 g/mol. The number of hydrogen-bond donors (Lipinski definition) is 2. The second-order valence-corrected chi connectivity index (χ2v) is 10.7. The fraction of sp³-hybridized carbons (Fsp3) is 0.667. The number of piperidine rings is 1. The molecule has 1 saturated heterocycles. The quantitative estimate of drug-likeness (QED) is 0.499. The summed E-state index contributed by atoms with van der Waals surface area (Å²) < 4.78 is 12.2. The predicted octanol–water partition coefficient (Wildman–Crippen LogP) is 2.71. The number of carbonyl (C=O) groups is 1. The van der Waals surface area contributed by atoms with Crippen LogP contribution in [0.3, 0.4) is 0 Å². The molecule has 1 saturated carbocycles. The molecular formula is C24H38N4O2S. The van der Waals surface area contributed by atoms with E-state index in [0.29, 0.717) is 11.9 Å². The highest BCUT2D eigenvalue weighted by Gasteiger charge is 2.27. The summed E-state index contributed by atoms with van der Waals surface area (Å²) in [5.41, 5.74) is 1.39.